The quantitative estimate of drug-likeness (QED) is 0.810. The Balaban J connectivity index is 2.83. The minimum Gasteiger partial charge on any atom is -0.494 e. The molecule has 0 bridgehead atoms. The molecule has 4 heteroatoms. The number of hydrogen-bond donors (Lipinski definition) is 1. The molecule has 0 fully saturated rings. The number of hydrogen-bond acceptors (Lipinski definition) is 3. The Bertz CT molecular complexity index is 522. The zero-order valence-corrected chi connectivity index (χ0v) is 8.10. The second-order valence-corrected chi connectivity index (χ2v) is 3.03. The molecule has 76 valence electrons. The second kappa shape index (κ2) is 3.57. The molecule has 1 aromatic carbocycles. The van der Waals surface area contributed by atoms with Gasteiger partial charge in [0.2, 0.25) is 0 Å². The molecule has 0 radical (unpaired) electrons. The van der Waals surface area contributed by atoms with Gasteiger partial charge in [-0.2, -0.15) is 0 Å². The van der Waals surface area contributed by atoms with E-state index in [-0.39, 0.29) is 5.69 Å². The first-order chi connectivity index (χ1) is 7.24. The molecule has 0 saturated heterocycles. The van der Waals surface area contributed by atoms with E-state index in [1.807, 2.05) is 12.1 Å². The molecule has 0 spiro atoms. The number of nitrogens with zero attached hydrogens (tertiary/aromatic N) is 1. The second-order valence-electron chi connectivity index (χ2n) is 3.03. The van der Waals surface area contributed by atoms with Crippen LogP contribution in [-0.4, -0.2) is 23.2 Å². The van der Waals surface area contributed by atoms with Crippen LogP contribution in [0.3, 0.4) is 0 Å². The molecule has 1 N–H and O–H groups in total. The fourth-order valence-corrected chi connectivity index (χ4v) is 1.50. The van der Waals surface area contributed by atoms with Gasteiger partial charge < -0.3 is 9.84 Å². The van der Waals surface area contributed by atoms with Gasteiger partial charge >= 0.3 is 5.97 Å². The number of rotatable bonds is 2. The van der Waals surface area contributed by atoms with Crippen LogP contribution in [0, 0.1) is 0 Å². The molecule has 0 aliphatic heterocycles. The van der Waals surface area contributed by atoms with Crippen LogP contribution in [-0.2, 0) is 0 Å². The summed E-state index contributed by atoms with van der Waals surface area (Å²) in [6, 6.07) is 7.13. The fraction of sp³-hybridized carbons (Fsp3) is 0.0909. The molecule has 2 rings (SSSR count). The topological polar surface area (TPSA) is 59.4 Å². The van der Waals surface area contributed by atoms with Gasteiger partial charge in [-0.3, -0.25) is 0 Å². The smallest absolute Gasteiger partial charge is 0.355 e. The molecule has 0 amide bonds. The highest BCUT2D eigenvalue weighted by Gasteiger charge is 2.12. The number of aromatic nitrogens is 1. The van der Waals surface area contributed by atoms with E-state index in [1.54, 1.807) is 12.1 Å². The van der Waals surface area contributed by atoms with Crippen molar-refractivity contribution in [1.82, 2.24) is 4.98 Å². The molecular formula is C11H9NO3. The van der Waals surface area contributed by atoms with Gasteiger partial charge in [0.25, 0.3) is 0 Å². The lowest BCUT2D eigenvalue weighted by Gasteiger charge is -2.06. The van der Waals surface area contributed by atoms with Gasteiger partial charge in [0.05, 0.1) is 13.3 Å². The monoisotopic (exact) mass is 203 g/mol. The summed E-state index contributed by atoms with van der Waals surface area (Å²) < 4.78 is 5.11. The van der Waals surface area contributed by atoms with Crippen molar-refractivity contribution in [2.75, 3.05) is 7.11 Å². The average molecular weight is 203 g/mol. The lowest BCUT2D eigenvalue weighted by molar-refractivity contribution is 0.0693. The third-order valence-corrected chi connectivity index (χ3v) is 2.18. The number of aromatic carboxylic acids is 1. The van der Waals surface area contributed by atoms with Gasteiger partial charge in [0.1, 0.15) is 5.75 Å². The van der Waals surface area contributed by atoms with Crippen LogP contribution in [0.15, 0.2) is 30.5 Å². The van der Waals surface area contributed by atoms with Gasteiger partial charge in [0, 0.05) is 10.8 Å². The van der Waals surface area contributed by atoms with E-state index in [2.05, 4.69) is 4.98 Å². The molecule has 4 nitrogen and oxygen atoms in total. The summed E-state index contributed by atoms with van der Waals surface area (Å²) in [6.07, 6.45) is 1.42. The van der Waals surface area contributed by atoms with Crippen molar-refractivity contribution < 1.29 is 14.6 Å². The number of carboxylic acids is 1. The largest absolute Gasteiger partial charge is 0.494 e. The zero-order valence-electron chi connectivity index (χ0n) is 8.10. The van der Waals surface area contributed by atoms with Gasteiger partial charge in [-0.15, -0.1) is 0 Å². The Hall–Kier alpha value is -2.10. The van der Waals surface area contributed by atoms with Crippen LogP contribution >= 0.6 is 0 Å². The third kappa shape index (κ3) is 1.50. The third-order valence-electron chi connectivity index (χ3n) is 2.18. The summed E-state index contributed by atoms with van der Waals surface area (Å²) in [7, 11) is 1.53. The number of benzene rings is 1. The Morgan fingerprint density at radius 3 is 2.60 bits per heavy atom. The van der Waals surface area contributed by atoms with Crippen LogP contribution in [0.5, 0.6) is 5.75 Å². The Morgan fingerprint density at radius 1 is 1.33 bits per heavy atom. The zero-order chi connectivity index (χ0) is 10.8. The van der Waals surface area contributed by atoms with Crippen LogP contribution in [0.4, 0.5) is 0 Å². The van der Waals surface area contributed by atoms with Crippen molar-refractivity contribution in [3.63, 3.8) is 0 Å². The van der Waals surface area contributed by atoms with Crippen molar-refractivity contribution in [2.45, 2.75) is 0 Å². The number of carbonyl (C=O) groups is 1. The summed E-state index contributed by atoms with van der Waals surface area (Å²) in [5.41, 5.74) is 0.0476. The fourth-order valence-electron chi connectivity index (χ4n) is 1.50. The van der Waals surface area contributed by atoms with Crippen molar-refractivity contribution >= 4 is 16.7 Å². The summed E-state index contributed by atoms with van der Waals surface area (Å²) >= 11 is 0. The molecule has 15 heavy (non-hydrogen) atoms. The van der Waals surface area contributed by atoms with E-state index in [4.69, 9.17) is 9.84 Å². The Morgan fingerprint density at radius 2 is 2.00 bits per heavy atom. The van der Waals surface area contributed by atoms with Crippen LogP contribution in [0.1, 0.15) is 10.5 Å². The molecular weight excluding hydrogens is 194 g/mol. The summed E-state index contributed by atoms with van der Waals surface area (Å²) in [4.78, 5) is 14.8. The molecule has 1 heterocycles. The van der Waals surface area contributed by atoms with E-state index in [1.165, 1.54) is 13.3 Å². The maximum atomic E-state index is 10.9. The minimum absolute atomic E-state index is 0.0476. The highest BCUT2D eigenvalue weighted by Crippen LogP contribution is 2.26. The highest BCUT2D eigenvalue weighted by molar-refractivity contribution is 6.03. The summed E-state index contributed by atoms with van der Waals surface area (Å²) in [5, 5.41) is 10.3. The minimum atomic E-state index is -1.03. The molecule has 0 aliphatic rings. The lowest BCUT2D eigenvalue weighted by Crippen LogP contribution is -2.01. The Kier molecular flexibility index (Phi) is 2.25. The average Bonchev–Trinajstić information content (AvgIpc) is 2.27. The van der Waals surface area contributed by atoms with Gasteiger partial charge in [-0.05, 0) is 0 Å². The van der Waals surface area contributed by atoms with Crippen LogP contribution in [0.25, 0.3) is 10.8 Å². The normalized spacial score (nSPS) is 10.2. The molecule has 2 aromatic rings. The molecule has 1 aromatic heterocycles. The van der Waals surface area contributed by atoms with Crippen molar-refractivity contribution in [1.29, 1.82) is 0 Å². The van der Waals surface area contributed by atoms with E-state index < -0.39 is 5.97 Å². The van der Waals surface area contributed by atoms with E-state index >= 15 is 0 Å². The number of pyridine rings is 1. The van der Waals surface area contributed by atoms with E-state index in [0.717, 1.165) is 5.39 Å². The van der Waals surface area contributed by atoms with Gasteiger partial charge in [-0.1, -0.05) is 24.3 Å². The molecule has 0 atom stereocenters. The van der Waals surface area contributed by atoms with Crippen molar-refractivity contribution in [2.24, 2.45) is 0 Å². The molecule has 0 unspecified atom stereocenters. The molecule has 0 aliphatic carbocycles. The lowest BCUT2D eigenvalue weighted by atomic mass is 10.1. The van der Waals surface area contributed by atoms with E-state index in [0.29, 0.717) is 11.1 Å². The van der Waals surface area contributed by atoms with Gasteiger partial charge in [-0.25, -0.2) is 9.78 Å². The van der Waals surface area contributed by atoms with Crippen molar-refractivity contribution in [3.8, 4) is 5.75 Å². The SMILES string of the molecule is COc1cnc(C(=O)O)c2ccccc12. The molecule has 0 saturated carbocycles. The van der Waals surface area contributed by atoms with Crippen LogP contribution < -0.4 is 4.74 Å². The highest BCUT2D eigenvalue weighted by atomic mass is 16.5. The summed E-state index contributed by atoms with van der Waals surface area (Å²) in [6.45, 7) is 0. The van der Waals surface area contributed by atoms with Gasteiger partial charge in [0.15, 0.2) is 5.69 Å². The number of ether oxygens (including phenoxy) is 1. The first-order valence-corrected chi connectivity index (χ1v) is 4.39. The number of carboxylic acid groups (broad SMARTS) is 1. The standard InChI is InChI=1S/C11H9NO3/c1-15-9-6-12-10(11(13)14)8-5-3-2-4-7(8)9/h2-6H,1H3,(H,13,14). The van der Waals surface area contributed by atoms with E-state index in [9.17, 15) is 4.79 Å². The maximum Gasteiger partial charge on any atom is 0.355 e. The van der Waals surface area contributed by atoms with Crippen molar-refractivity contribution in [3.05, 3.63) is 36.2 Å². The first kappa shape index (κ1) is 9.45. The summed E-state index contributed by atoms with van der Waals surface area (Å²) in [5.74, 6) is -0.454. The first-order valence-electron chi connectivity index (χ1n) is 4.39. The number of methoxy groups -OCH3 is 1. The van der Waals surface area contributed by atoms with Crippen LogP contribution in [0.2, 0.25) is 0 Å². The predicted molar refractivity (Wildman–Crippen MR) is 55.3 cm³/mol. The maximum absolute atomic E-state index is 10.9. The Labute approximate surface area is 86.1 Å². The predicted octanol–water partition coefficient (Wildman–Crippen LogP) is 1.94. The number of fused-ring (bicyclic) bond motifs is 1.